The third kappa shape index (κ3) is 3.73. The van der Waals surface area contributed by atoms with E-state index in [2.05, 4.69) is 0 Å². The second-order valence-corrected chi connectivity index (χ2v) is 8.31. The molecule has 0 unspecified atom stereocenters. The summed E-state index contributed by atoms with van der Waals surface area (Å²) in [6, 6.07) is 10.7. The summed E-state index contributed by atoms with van der Waals surface area (Å²) in [6.45, 7) is 1.36. The number of rotatable bonds is 5. The largest absolute Gasteiger partial charge is 0.465 e. The first-order valence-corrected chi connectivity index (χ1v) is 10.5. The number of hydrogen-bond acceptors (Lipinski definition) is 5. The van der Waals surface area contributed by atoms with Crippen molar-refractivity contribution in [3.05, 3.63) is 66.1 Å². The fourth-order valence-corrected chi connectivity index (χ4v) is 4.41. The van der Waals surface area contributed by atoms with Crippen LogP contribution in [0.5, 0.6) is 0 Å². The second-order valence-electron chi connectivity index (χ2n) is 6.45. The monoisotopic (exact) mass is 418 g/mol. The van der Waals surface area contributed by atoms with E-state index in [9.17, 15) is 22.4 Å². The molecule has 9 heteroatoms. The van der Waals surface area contributed by atoms with E-state index in [-0.39, 0.29) is 11.3 Å². The first kappa shape index (κ1) is 20.5. The third-order valence-corrected chi connectivity index (χ3v) is 5.74. The number of hydrogen-bond donors (Lipinski definition) is 0. The number of sulfonamides is 1. The highest BCUT2D eigenvalue weighted by Crippen LogP contribution is 2.27. The highest BCUT2D eigenvalue weighted by molar-refractivity contribution is 7.92. The molecule has 2 aromatic carbocycles. The Bertz CT molecular complexity index is 1200. The molecule has 0 radical (unpaired) electrons. The van der Waals surface area contributed by atoms with Crippen molar-refractivity contribution in [1.29, 1.82) is 0 Å². The van der Waals surface area contributed by atoms with E-state index in [1.165, 1.54) is 43.0 Å². The average molecular weight is 418 g/mol. The maximum atomic E-state index is 14.3. The number of carbonyl (C=O) groups is 2. The van der Waals surface area contributed by atoms with Crippen molar-refractivity contribution < 1.29 is 27.1 Å². The van der Waals surface area contributed by atoms with Crippen LogP contribution in [0.1, 0.15) is 22.1 Å². The molecule has 0 aliphatic carbocycles. The maximum absolute atomic E-state index is 14.3. The number of para-hydroxylation sites is 2. The van der Waals surface area contributed by atoms with Gasteiger partial charge < -0.3 is 4.74 Å². The van der Waals surface area contributed by atoms with Crippen molar-refractivity contribution in [3.8, 4) is 0 Å². The minimum atomic E-state index is -3.99. The number of methoxy groups -OCH3 is 1. The molecule has 3 rings (SSSR count). The Labute approximate surface area is 167 Å². The van der Waals surface area contributed by atoms with Crippen molar-refractivity contribution in [2.45, 2.75) is 13.0 Å². The zero-order valence-electron chi connectivity index (χ0n) is 16.0. The zero-order valence-corrected chi connectivity index (χ0v) is 16.8. The van der Waals surface area contributed by atoms with Crippen LogP contribution in [0.3, 0.4) is 0 Å². The highest BCUT2D eigenvalue weighted by Gasteiger charge is 2.33. The fraction of sp³-hybridized carbons (Fsp3) is 0.200. The summed E-state index contributed by atoms with van der Waals surface area (Å²) in [5.41, 5.74) is 0.340. The summed E-state index contributed by atoms with van der Waals surface area (Å²) in [5.74, 6) is -2.05. The van der Waals surface area contributed by atoms with Crippen LogP contribution >= 0.6 is 0 Å². The minimum Gasteiger partial charge on any atom is -0.465 e. The predicted molar refractivity (Wildman–Crippen MR) is 107 cm³/mol. The van der Waals surface area contributed by atoms with Gasteiger partial charge in [-0.3, -0.25) is 13.7 Å². The highest BCUT2D eigenvalue weighted by atomic mass is 32.2. The first-order valence-electron chi connectivity index (χ1n) is 8.63. The molecule has 0 N–H and O–H groups in total. The summed E-state index contributed by atoms with van der Waals surface area (Å²) in [4.78, 5) is 25.3. The van der Waals surface area contributed by atoms with Crippen molar-refractivity contribution in [1.82, 2.24) is 4.57 Å². The van der Waals surface area contributed by atoms with Gasteiger partial charge in [0.1, 0.15) is 11.9 Å². The molecule has 0 aliphatic rings. The van der Waals surface area contributed by atoms with Crippen LogP contribution in [0, 0.1) is 5.82 Å². The van der Waals surface area contributed by atoms with Gasteiger partial charge in [0, 0.05) is 11.6 Å². The van der Waals surface area contributed by atoms with Crippen molar-refractivity contribution in [2.24, 2.45) is 0 Å². The quantitative estimate of drug-likeness (QED) is 0.595. The van der Waals surface area contributed by atoms with Gasteiger partial charge in [0.2, 0.25) is 10.0 Å². The molecule has 0 saturated heterocycles. The maximum Gasteiger partial charge on any atom is 0.340 e. The van der Waals surface area contributed by atoms with Crippen molar-refractivity contribution >= 4 is 38.5 Å². The van der Waals surface area contributed by atoms with Crippen LogP contribution in [0.15, 0.2) is 54.7 Å². The van der Waals surface area contributed by atoms with E-state index in [1.807, 2.05) is 0 Å². The second kappa shape index (κ2) is 7.67. The van der Waals surface area contributed by atoms with Gasteiger partial charge in [0.15, 0.2) is 0 Å². The SMILES string of the molecule is COC(=O)c1cn(C(=O)[C@H](C)N(c2ccccc2F)S(C)(=O)=O)c2ccccc12. The summed E-state index contributed by atoms with van der Waals surface area (Å²) in [7, 11) is -2.77. The lowest BCUT2D eigenvalue weighted by Gasteiger charge is -2.28. The van der Waals surface area contributed by atoms with E-state index in [0.29, 0.717) is 10.9 Å². The number of carbonyl (C=O) groups excluding carboxylic acids is 2. The van der Waals surface area contributed by atoms with Crippen molar-refractivity contribution in [2.75, 3.05) is 17.7 Å². The lowest BCUT2D eigenvalue weighted by atomic mass is 10.2. The molecular weight excluding hydrogens is 399 g/mol. The Kier molecular flexibility index (Phi) is 5.43. The third-order valence-electron chi connectivity index (χ3n) is 4.51. The Morgan fingerprint density at radius 1 is 1.10 bits per heavy atom. The van der Waals surface area contributed by atoms with Crippen LogP contribution in [-0.4, -0.2) is 44.3 Å². The standard InChI is InChI=1S/C20H19FN2O5S/c1-13(23(29(3,26)27)18-11-7-5-9-16(18)21)19(24)22-12-15(20(25)28-2)14-8-4-6-10-17(14)22/h4-13H,1-3H3/t13-/m0/s1. The van der Waals surface area contributed by atoms with Gasteiger partial charge in [-0.25, -0.2) is 17.6 Å². The molecule has 0 spiro atoms. The molecule has 3 aromatic rings. The molecule has 29 heavy (non-hydrogen) atoms. The van der Waals surface area contributed by atoms with E-state index in [4.69, 9.17) is 4.74 Å². The molecule has 152 valence electrons. The number of aromatic nitrogens is 1. The Balaban J connectivity index is 2.14. The summed E-state index contributed by atoms with van der Waals surface area (Å²) in [6.07, 6.45) is 2.20. The minimum absolute atomic E-state index is 0.167. The molecule has 0 aliphatic heterocycles. The number of fused-ring (bicyclic) bond motifs is 1. The molecular formula is C20H19FN2O5S. The van der Waals surface area contributed by atoms with E-state index >= 15 is 0 Å². The first-order chi connectivity index (χ1) is 13.7. The van der Waals surface area contributed by atoms with Crippen LogP contribution in [0.25, 0.3) is 10.9 Å². The summed E-state index contributed by atoms with van der Waals surface area (Å²) >= 11 is 0. The zero-order chi connectivity index (χ0) is 21.3. The lowest BCUT2D eigenvalue weighted by Crippen LogP contribution is -2.45. The van der Waals surface area contributed by atoms with Gasteiger partial charge in [-0.15, -0.1) is 0 Å². The summed E-state index contributed by atoms with van der Waals surface area (Å²) < 4.78 is 45.8. The number of ether oxygens (including phenoxy) is 1. The van der Waals surface area contributed by atoms with Crippen LogP contribution in [-0.2, 0) is 14.8 Å². The van der Waals surface area contributed by atoms with Gasteiger partial charge in [-0.05, 0) is 25.1 Å². The smallest absolute Gasteiger partial charge is 0.340 e. The number of nitrogens with zero attached hydrogens (tertiary/aromatic N) is 2. The van der Waals surface area contributed by atoms with Gasteiger partial charge in [-0.2, -0.15) is 0 Å². The number of anilines is 1. The average Bonchev–Trinajstić information content (AvgIpc) is 3.07. The van der Waals surface area contributed by atoms with Gasteiger partial charge in [0.25, 0.3) is 5.91 Å². The normalized spacial score (nSPS) is 12.6. The molecule has 0 bridgehead atoms. The summed E-state index contributed by atoms with van der Waals surface area (Å²) in [5, 5.41) is 0.483. The van der Waals surface area contributed by atoms with Gasteiger partial charge in [0.05, 0.1) is 30.1 Å². The van der Waals surface area contributed by atoms with Crippen LogP contribution in [0.2, 0.25) is 0 Å². The van der Waals surface area contributed by atoms with Gasteiger partial charge in [-0.1, -0.05) is 30.3 Å². The Morgan fingerprint density at radius 2 is 1.72 bits per heavy atom. The Hall–Kier alpha value is -3.20. The van der Waals surface area contributed by atoms with Crippen LogP contribution in [0.4, 0.5) is 10.1 Å². The van der Waals surface area contributed by atoms with E-state index in [0.717, 1.165) is 16.6 Å². The molecule has 0 fully saturated rings. The Morgan fingerprint density at radius 3 is 2.34 bits per heavy atom. The van der Waals surface area contributed by atoms with Crippen LogP contribution < -0.4 is 4.31 Å². The van der Waals surface area contributed by atoms with E-state index in [1.54, 1.807) is 24.3 Å². The molecule has 1 atom stereocenters. The topological polar surface area (TPSA) is 85.7 Å². The number of halogens is 1. The van der Waals surface area contributed by atoms with E-state index < -0.39 is 33.8 Å². The van der Waals surface area contributed by atoms with Gasteiger partial charge >= 0.3 is 5.97 Å². The number of esters is 1. The van der Waals surface area contributed by atoms with Crippen molar-refractivity contribution in [3.63, 3.8) is 0 Å². The lowest BCUT2D eigenvalue weighted by molar-refractivity contribution is 0.0603. The molecule has 7 nitrogen and oxygen atoms in total. The molecule has 0 saturated carbocycles. The molecule has 1 heterocycles. The molecule has 1 aromatic heterocycles. The fourth-order valence-electron chi connectivity index (χ4n) is 3.24. The predicted octanol–water partition coefficient (Wildman–Crippen LogP) is 3.06. The number of benzene rings is 2. The molecule has 0 amide bonds.